The summed E-state index contributed by atoms with van der Waals surface area (Å²) in [6, 6.07) is 0. The van der Waals surface area contributed by atoms with Crippen LogP contribution in [-0.2, 0) is 14.2 Å². The predicted octanol–water partition coefficient (Wildman–Crippen LogP) is -6.08. The van der Waals surface area contributed by atoms with Crippen LogP contribution in [0.4, 0.5) is 0 Å². The Morgan fingerprint density at radius 3 is 1.92 bits per heavy atom. The summed E-state index contributed by atoms with van der Waals surface area (Å²) in [4.78, 5) is 0. The highest BCUT2D eigenvalue weighted by Gasteiger charge is 2.57. The van der Waals surface area contributed by atoms with Gasteiger partial charge in [-0.25, -0.2) is 0 Å². The van der Waals surface area contributed by atoms with E-state index < -0.39 is 74.3 Å². The maximum absolute atomic E-state index is 10.3. The van der Waals surface area contributed by atoms with E-state index in [0.29, 0.717) is 0 Å². The molecular weight excluding hydrogens is 336 g/mol. The van der Waals surface area contributed by atoms with Gasteiger partial charge in [-0.2, -0.15) is 0 Å². The second-order valence-corrected chi connectivity index (χ2v) is 5.71. The Morgan fingerprint density at radius 2 is 1.38 bits per heavy atom. The van der Waals surface area contributed by atoms with Crippen LogP contribution in [0.2, 0.25) is 0 Å². The molecule has 2 rings (SSSR count). The summed E-state index contributed by atoms with van der Waals surface area (Å²) < 4.78 is 14.7. The van der Waals surface area contributed by atoms with Crippen molar-refractivity contribution in [2.24, 2.45) is 0 Å². The summed E-state index contributed by atoms with van der Waals surface area (Å²) in [7, 11) is 0. The van der Waals surface area contributed by atoms with Gasteiger partial charge in [0.25, 0.3) is 0 Å². The van der Waals surface area contributed by atoms with Crippen molar-refractivity contribution in [1.29, 1.82) is 0 Å². The summed E-state index contributed by atoms with van der Waals surface area (Å²) in [5, 5.41) is 86.8. The zero-order chi connectivity index (χ0) is 18.2. The van der Waals surface area contributed by atoms with E-state index >= 15 is 0 Å². The highest BCUT2D eigenvalue weighted by molar-refractivity contribution is 4.95. The molecule has 12 heteroatoms. The van der Waals surface area contributed by atoms with Gasteiger partial charge in [0.2, 0.25) is 0 Å². The number of hydrogen-bond donors (Lipinski definition) is 9. The average molecular weight is 358 g/mol. The standard InChI is InChI=1S/C12H22O12/c13-1-3-5(15)7(17)10(19)12(21,23-3)24-9-4(2-14)22-11(20)8(18)6(9)16/h3-11,13-21H,1-2H2/t3-,4-,5+,6-,7+,8-,9-,10-,11?,12+/m1/s1. The third kappa shape index (κ3) is 3.41. The monoisotopic (exact) mass is 358 g/mol. The van der Waals surface area contributed by atoms with Crippen molar-refractivity contribution in [3.8, 4) is 0 Å². The summed E-state index contributed by atoms with van der Waals surface area (Å²) in [6.07, 6.45) is -16.1. The van der Waals surface area contributed by atoms with Crippen LogP contribution in [-0.4, -0.2) is 120 Å². The summed E-state index contributed by atoms with van der Waals surface area (Å²) in [5.74, 6) is -3.00. The van der Waals surface area contributed by atoms with Crippen LogP contribution in [0, 0.1) is 0 Å². The molecule has 0 aromatic carbocycles. The predicted molar refractivity (Wildman–Crippen MR) is 69.8 cm³/mol. The van der Waals surface area contributed by atoms with E-state index in [1.54, 1.807) is 0 Å². The summed E-state index contributed by atoms with van der Waals surface area (Å²) in [6.45, 7) is -1.64. The van der Waals surface area contributed by atoms with Crippen LogP contribution < -0.4 is 0 Å². The van der Waals surface area contributed by atoms with E-state index in [-0.39, 0.29) is 0 Å². The van der Waals surface area contributed by atoms with Gasteiger partial charge in [0.15, 0.2) is 12.4 Å². The highest BCUT2D eigenvalue weighted by Crippen LogP contribution is 2.33. The quantitative estimate of drug-likeness (QED) is 0.215. The normalized spacial score (nSPS) is 53.1. The lowest BCUT2D eigenvalue weighted by Crippen LogP contribution is -2.69. The third-order valence-corrected chi connectivity index (χ3v) is 4.07. The zero-order valence-corrected chi connectivity index (χ0v) is 12.4. The van der Waals surface area contributed by atoms with Crippen LogP contribution in [0.1, 0.15) is 0 Å². The largest absolute Gasteiger partial charge is 0.394 e. The van der Waals surface area contributed by atoms with Gasteiger partial charge in [0.05, 0.1) is 13.2 Å². The highest BCUT2D eigenvalue weighted by atomic mass is 16.8. The van der Waals surface area contributed by atoms with Crippen molar-refractivity contribution >= 4 is 0 Å². The second kappa shape index (κ2) is 7.41. The van der Waals surface area contributed by atoms with Crippen molar-refractivity contribution in [1.82, 2.24) is 0 Å². The topological polar surface area (TPSA) is 210 Å². The minimum atomic E-state index is -3.00. The van der Waals surface area contributed by atoms with Crippen LogP contribution in [0.3, 0.4) is 0 Å². The minimum absolute atomic E-state index is 0.799. The molecule has 0 saturated carbocycles. The van der Waals surface area contributed by atoms with Crippen molar-refractivity contribution < 1.29 is 60.2 Å². The maximum atomic E-state index is 10.3. The van der Waals surface area contributed by atoms with Gasteiger partial charge in [0, 0.05) is 0 Å². The molecule has 10 atom stereocenters. The maximum Gasteiger partial charge on any atom is 0.311 e. The molecule has 0 amide bonds. The fourth-order valence-corrected chi connectivity index (χ4v) is 2.63. The van der Waals surface area contributed by atoms with Crippen molar-refractivity contribution in [3.05, 3.63) is 0 Å². The Hall–Kier alpha value is -0.480. The van der Waals surface area contributed by atoms with Gasteiger partial charge >= 0.3 is 5.97 Å². The first kappa shape index (κ1) is 19.8. The summed E-state index contributed by atoms with van der Waals surface area (Å²) >= 11 is 0. The first-order valence-corrected chi connectivity index (χ1v) is 7.19. The molecule has 2 aliphatic heterocycles. The molecule has 0 aromatic rings. The van der Waals surface area contributed by atoms with E-state index in [9.17, 15) is 40.9 Å². The Morgan fingerprint density at radius 1 is 0.792 bits per heavy atom. The van der Waals surface area contributed by atoms with E-state index in [2.05, 4.69) is 0 Å². The molecule has 0 aromatic heterocycles. The van der Waals surface area contributed by atoms with Gasteiger partial charge < -0.3 is 60.2 Å². The fraction of sp³-hybridized carbons (Fsp3) is 1.00. The Bertz CT molecular complexity index is 419. The van der Waals surface area contributed by atoms with Crippen LogP contribution in [0.25, 0.3) is 0 Å². The van der Waals surface area contributed by atoms with Crippen LogP contribution in [0.5, 0.6) is 0 Å². The molecule has 1 unspecified atom stereocenters. The molecule has 24 heavy (non-hydrogen) atoms. The number of hydrogen-bond acceptors (Lipinski definition) is 12. The number of aliphatic hydroxyl groups excluding tert-OH is 8. The molecular formula is C12H22O12. The molecule has 0 bridgehead atoms. The van der Waals surface area contributed by atoms with Gasteiger partial charge in [-0.15, -0.1) is 0 Å². The number of ether oxygens (including phenoxy) is 3. The molecule has 9 N–H and O–H groups in total. The Balaban J connectivity index is 2.22. The van der Waals surface area contributed by atoms with E-state index in [1.807, 2.05) is 0 Å². The number of aliphatic hydroxyl groups is 9. The Kier molecular flexibility index (Phi) is 6.12. The Labute approximate surface area is 135 Å². The SMILES string of the molecule is OC[C@H]1O[C@](O)(O[C@H]2[C@H](O)[C@@H](O)C(O)O[C@@H]2CO)[C@H](O)[C@@H](O)[C@H]1O. The molecule has 2 heterocycles. The smallest absolute Gasteiger partial charge is 0.311 e. The molecule has 2 aliphatic rings. The lowest BCUT2D eigenvalue weighted by molar-refractivity contribution is -0.473. The molecule has 0 spiro atoms. The van der Waals surface area contributed by atoms with E-state index in [1.165, 1.54) is 0 Å². The first-order valence-electron chi connectivity index (χ1n) is 7.19. The van der Waals surface area contributed by atoms with Crippen molar-refractivity contribution in [2.75, 3.05) is 13.2 Å². The average Bonchev–Trinajstić information content (AvgIpc) is 2.57. The van der Waals surface area contributed by atoms with Gasteiger partial charge in [-0.05, 0) is 0 Å². The molecule has 12 nitrogen and oxygen atoms in total. The van der Waals surface area contributed by atoms with E-state index in [4.69, 9.17) is 19.3 Å². The molecule has 0 aliphatic carbocycles. The fourth-order valence-electron chi connectivity index (χ4n) is 2.63. The molecule has 0 radical (unpaired) electrons. The van der Waals surface area contributed by atoms with Gasteiger partial charge in [-0.1, -0.05) is 0 Å². The van der Waals surface area contributed by atoms with Crippen molar-refractivity contribution in [3.63, 3.8) is 0 Å². The van der Waals surface area contributed by atoms with Crippen LogP contribution in [0.15, 0.2) is 0 Å². The molecule has 2 saturated heterocycles. The molecule has 142 valence electrons. The minimum Gasteiger partial charge on any atom is -0.394 e. The summed E-state index contributed by atoms with van der Waals surface area (Å²) in [5.41, 5.74) is 0. The van der Waals surface area contributed by atoms with Gasteiger partial charge in [-0.3, -0.25) is 0 Å². The van der Waals surface area contributed by atoms with E-state index in [0.717, 1.165) is 0 Å². The second-order valence-electron chi connectivity index (χ2n) is 5.71. The first-order chi connectivity index (χ1) is 11.2. The number of rotatable bonds is 4. The molecule has 2 fully saturated rings. The van der Waals surface area contributed by atoms with Gasteiger partial charge in [0.1, 0.15) is 42.7 Å². The zero-order valence-electron chi connectivity index (χ0n) is 12.4. The van der Waals surface area contributed by atoms with Crippen LogP contribution >= 0.6 is 0 Å². The third-order valence-electron chi connectivity index (χ3n) is 4.07. The lowest BCUT2D eigenvalue weighted by Gasteiger charge is -2.48. The lowest BCUT2D eigenvalue weighted by atomic mass is 9.96. The van der Waals surface area contributed by atoms with Crippen molar-refractivity contribution in [2.45, 2.75) is 61.1 Å².